The Balaban J connectivity index is 4.00. The van der Waals surface area contributed by atoms with Gasteiger partial charge in [0.1, 0.15) is 0 Å². The molecule has 1 amide bonds. The molecule has 0 bridgehead atoms. The molecule has 0 aliphatic carbocycles. The van der Waals surface area contributed by atoms with Crippen LogP contribution in [0.5, 0.6) is 0 Å². The van der Waals surface area contributed by atoms with Gasteiger partial charge in [-0.15, -0.1) is 0 Å². The van der Waals surface area contributed by atoms with Crippen LogP contribution in [0.1, 0.15) is 39.5 Å². The molecule has 0 spiro atoms. The maximum atomic E-state index is 11.7. The number of hydrogen-bond acceptors (Lipinski definition) is 4. The van der Waals surface area contributed by atoms with Gasteiger partial charge in [-0.25, -0.2) is 0 Å². The second-order valence-corrected chi connectivity index (χ2v) is 5.38. The highest BCUT2D eigenvalue weighted by Gasteiger charge is 2.16. The second-order valence-electron chi connectivity index (χ2n) is 5.38. The molecule has 0 saturated carbocycles. The molecule has 0 aromatic carbocycles. The summed E-state index contributed by atoms with van der Waals surface area (Å²) in [5.41, 5.74) is 5.56. The smallest absolute Gasteiger partial charge is 0.306 e. The fourth-order valence-electron chi connectivity index (χ4n) is 2.09. The van der Waals surface area contributed by atoms with Crippen molar-refractivity contribution in [3.63, 3.8) is 0 Å². The molecule has 0 saturated heterocycles. The Kier molecular flexibility index (Phi) is 10.0. The molecular weight excluding hydrogens is 260 g/mol. The van der Waals surface area contributed by atoms with Crippen LogP contribution < -0.4 is 11.1 Å². The van der Waals surface area contributed by atoms with Crippen LogP contribution >= 0.6 is 0 Å². The lowest BCUT2D eigenvalue weighted by Gasteiger charge is -2.20. The fourth-order valence-corrected chi connectivity index (χ4v) is 2.09. The van der Waals surface area contributed by atoms with Crippen molar-refractivity contribution in [1.82, 2.24) is 5.32 Å². The molecule has 0 aliphatic heterocycles. The molecule has 2 unspecified atom stereocenters. The Bertz CT molecular complexity index is 295. The number of methoxy groups -OCH3 is 1. The van der Waals surface area contributed by atoms with E-state index in [-0.39, 0.29) is 18.9 Å². The lowest BCUT2D eigenvalue weighted by Crippen LogP contribution is -2.34. The van der Waals surface area contributed by atoms with E-state index in [4.69, 9.17) is 15.6 Å². The molecule has 0 aliphatic rings. The average molecular weight is 288 g/mol. The van der Waals surface area contributed by atoms with Gasteiger partial charge in [0.05, 0.1) is 12.5 Å². The Morgan fingerprint density at radius 2 is 1.95 bits per heavy atom. The van der Waals surface area contributed by atoms with Gasteiger partial charge in [0, 0.05) is 20.1 Å². The van der Waals surface area contributed by atoms with Crippen LogP contribution in [-0.2, 0) is 14.3 Å². The van der Waals surface area contributed by atoms with Gasteiger partial charge in [-0.3, -0.25) is 9.59 Å². The van der Waals surface area contributed by atoms with Gasteiger partial charge >= 0.3 is 5.97 Å². The SMILES string of the molecule is COC(CNC(=O)CCC(CCN)C(C)C)CC(=O)O. The highest BCUT2D eigenvalue weighted by molar-refractivity contribution is 5.76. The third-order valence-electron chi connectivity index (χ3n) is 3.48. The van der Waals surface area contributed by atoms with Crippen molar-refractivity contribution in [2.24, 2.45) is 17.6 Å². The molecule has 0 heterocycles. The number of hydrogen-bond donors (Lipinski definition) is 3. The number of amides is 1. The predicted octanol–water partition coefficient (Wildman–Crippen LogP) is 0.994. The van der Waals surface area contributed by atoms with Gasteiger partial charge in [0.2, 0.25) is 5.91 Å². The Morgan fingerprint density at radius 1 is 1.30 bits per heavy atom. The first-order chi connectivity index (χ1) is 9.40. The zero-order valence-electron chi connectivity index (χ0n) is 12.7. The van der Waals surface area contributed by atoms with Crippen LogP contribution in [0, 0.1) is 11.8 Å². The highest BCUT2D eigenvalue weighted by atomic mass is 16.5. The van der Waals surface area contributed by atoms with Crippen LogP contribution in [0.2, 0.25) is 0 Å². The summed E-state index contributed by atoms with van der Waals surface area (Å²) in [6.45, 7) is 5.12. The van der Waals surface area contributed by atoms with Crippen LogP contribution in [0.25, 0.3) is 0 Å². The monoisotopic (exact) mass is 288 g/mol. The van der Waals surface area contributed by atoms with Crippen molar-refractivity contribution in [1.29, 1.82) is 0 Å². The van der Waals surface area contributed by atoms with Crippen LogP contribution in [0.4, 0.5) is 0 Å². The first-order valence-corrected chi connectivity index (χ1v) is 7.12. The summed E-state index contributed by atoms with van der Waals surface area (Å²) < 4.78 is 5.00. The quantitative estimate of drug-likeness (QED) is 0.526. The zero-order chi connectivity index (χ0) is 15.5. The first kappa shape index (κ1) is 18.9. The zero-order valence-corrected chi connectivity index (χ0v) is 12.7. The third kappa shape index (κ3) is 8.87. The molecule has 0 aromatic heterocycles. The molecule has 20 heavy (non-hydrogen) atoms. The van der Waals surface area contributed by atoms with E-state index in [1.807, 2.05) is 0 Å². The van der Waals surface area contributed by atoms with Crippen molar-refractivity contribution in [2.75, 3.05) is 20.2 Å². The van der Waals surface area contributed by atoms with E-state index < -0.39 is 12.1 Å². The third-order valence-corrected chi connectivity index (χ3v) is 3.48. The largest absolute Gasteiger partial charge is 0.481 e. The van der Waals surface area contributed by atoms with Crippen LogP contribution in [0.3, 0.4) is 0 Å². The van der Waals surface area contributed by atoms with E-state index >= 15 is 0 Å². The molecule has 2 atom stereocenters. The van der Waals surface area contributed by atoms with Crippen LogP contribution in [-0.4, -0.2) is 43.3 Å². The van der Waals surface area contributed by atoms with E-state index in [9.17, 15) is 9.59 Å². The summed E-state index contributed by atoms with van der Waals surface area (Å²) in [6, 6.07) is 0. The number of carbonyl (C=O) groups excluding carboxylic acids is 1. The minimum atomic E-state index is -0.936. The Hall–Kier alpha value is -1.14. The normalized spacial score (nSPS) is 14.1. The minimum Gasteiger partial charge on any atom is -0.481 e. The second kappa shape index (κ2) is 10.6. The summed E-state index contributed by atoms with van der Waals surface area (Å²) in [4.78, 5) is 22.3. The number of rotatable bonds is 11. The van der Waals surface area contributed by atoms with Crippen molar-refractivity contribution < 1.29 is 19.4 Å². The number of carboxylic acids is 1. The predicted molar refractivity (Wildman–Crippen MR) is 77.3 cm³/mol. The Labute approximate surface area is 121 Å². The lowest BCUT2D eigenvalue weighted by atomic mass is 9.88. The molecule has 6 heteroatoms. The standard InChI is InChI=1S/C14H28N2O4/c1-10(2)11(6-7-15)4-5-13(17)16-9-12(20-3)8-14(18)19/h10-12H,4-9,15H2,1-3H3,(H,16,17)(H,18,19). The molecular formula is C14H28N2O4. The van der Waals surface area contributed by atoms with E-state index in [1.165, 1.54) is 7.11 Å². The summed E-state index contributed by atoms with van der Waals surface area (Å²) in [5.74, 6) is -0.0536. The molecule has 0 radical (unpaired) electrons. The van der Waals surface area contributed by atoms with Crippen molar-refractivity contribution in [3.05, 3.63) is 0 Å². The minimum absolute atomic E-state index is 0.0693. The first-order valence-electron chi connectivity index (χ1n) is 7.12. The average Bonchev–Trinajstić information content (AvgIpc) is 2.38. The topological polar surface area (TPSA) is 102 Å². The summed E-state index contributed by atoms with van der Waals surface area (Å²) in [6.07, 6.45) is 1.56. The summed E-state index contributed by atoms with van der Waals surface area (Å²) in [5, 5.41) is 11.4. The summed E-state index contributed by atoms with van der Waals surface area (Å²) >= 11 is 0. The molecule has 0 aromatic rings. The van der Waals surface area contributed by atoms with Crippen molar-refractivity contribution in [3.8, 4) is 0 Å². The molecule has 0 rings (SSSR count). The van der Waals surface area contributed by atoms with Gasteiger partial charge < -0.3 is 20.9 Å². The van der Waals surface area contributed by atoms with Gasteiger partial charge in [0.25, 0.3) is 0 Å². The van der Waals surface area contributed by atoms with E-state index in [1.54, 1.807) is 0 Å². The fraction of sp³-hybridized carbons (Fsp3) is 0.857. The number of aliphatic carboxylic acids is 1. The van der Waals surface area contributed by atoms with Crippen molar-refractivity contribution >= 4 is 11.9 Å². The van der Waals surface area contributed by atoms with Crippen LogP contribution in [0.15, 0.2) is 0 Å². The molecule has 6 nitrogen and oxygen atoms in total. The molecule has 4 N–H and O–H groups in total. The number of nitrogens with one attached hydrogen (secondary N) is 1. The molecule has 118 valence electrons. The maximum absolute atomic E-state index is 11.7. The van der Waals surface area contributed by atoms with E-state index in [2.05, 4.69) is 19.2 Å². The Morgan fingerprint density at radius 3 is 2.40 bits per heavy atom. The maximum Gasteiger partial charge on any atom is 0.306 e. The molecule has 0 fully saturated rings. The van der Waals surface area contributed by atoms with E-state index in [0.717, 1.165) is 12.8 Å². The van der Waals surface area contributed by atoms with Gasteiger partial charge in [-0.05, 0) is 31.2 Å². The highest BCUT2D eigenvalue weighted by Crippen LogP contribution is 2.20. The van der Waals surface area contributed by atoms with Gasteiger partial charge in [-0.1, -0.05) is 13.8 Å². The number of nitrogens with two attached hydrogens (primary N) is 1. The lowest BCUT2D eigenvalue weighted by molar-refractivity contribution is -0.140. The number of ether oxygens (including phenoxy) is 1. The summed E-state index contributed by atoms with van der Waals surface area (Å²) in [7, 11) is 1.44. The van der Waals surface area contributed by atoms with Gasteiger partial charge in [-0.2, -0.15) is 0 Å². The van der Waals surface area contributed by atoms with Gasteiger partial charge in [0.15, 0.2) is 0 Å². The number of carbonyl (C=O) groups is 2. The van der Waals surface area contributed by atoms with Crippen molar-refractivity contribution in [2.45, 2.75) is 45.6 Å². The number of carboxylic acid groups (broad SMARTS) is 1. The van der Waals surface area contributed by atoms with E-state index in [0.29, 0.717) is 24.8 Å².